The molecule has 0 bridgehead atoms. The first kappa shape index (κ1) is 13.9. The minimum Gasteiger partial charge on any atom is -0.125 e. The van der Waals surface area contributed by atoms with Gasteiger partial charge in [0.15, 0.2) is 0 Å². The Bertz CT molecular complexity index is 91.5. The summed E-state index contributed by atoms with van der Waals surface area (Å²) in [4.78, 5) is 0. The largest absolute Gasteiger partial charge is 0.125 e. The lowest BCUT2D eigenvalue weighted by molar-refractivity contribution is 1.12. The average Bonchev–Trinajstić information content (AvgIpc) is 2.11. The Balaban J connectivity index is 3.10. The van der Waals surface area contributed by atoms with Crippen molar-refractivity contribution in [2.24, 2.45) is 0 Å². The van der Waals surface area contributed by atoms with Crippen LogP contribution in [0.1, 0.15) is 0 Å². The Morgan fingerprint density at radius 1 is 0.833 bits per heavy atom. The molecule has 0 nitrogen and oxygen atoms in total. The van der Waals surface area contributed by atoms with E-state index >= 15 is 0 Å². The highest BCUT2D eigenvalue weighted by Crippen LogP contribution is 2.26. The molecular formula is C6H10Cl4S2. The van der Waals surface area contributed by atoms with Gasteiger partial charge in [-0.1, -0.05) is 21.6 Å². The smallest absolute Gasteiger partial charge is 0.0570 e. The van der Waals surface area contributed by atoms with Crippen molar-refractivity contribution in [2.45, 2.75) is 10.8 Å². The molecule has 0 spiro atoms. The molecule has 0 aliphatic carbocycles. The number of rotatable bonds is 7. The van der Waals surface area contributed by atoms with E-state index in [0.29, 0.717) is 11.8 Å². The van der Waals surface area contributed by atoms with Crippen molar-refractivity contribution in [3.05, 3.63) is 0 Å². The van der Waals surface area contributed by atoms with E-state index in [4.69, 9.17) is 46.4 Å². The molecule has 0 rings (SSSR count). The third-order valence-corrected chi connectivity index (χ3v) is 5.52. The standard InChI is InChI=1S/C6H10Cl4S2/c7-1-5(9)3-11-12-4-6(10)2-8/h5-6H,1-4H2. The Hall–Kier alpha value is 1.86. The lowest BCUT2D eigenvalue weighted by Gasteiger charge is -2.05. The fourth-order valence-electron chi connectivity index (χ4n) is 0.333. The van der Waals surface area contributed by atoms with Crippen molar-refractivity contribution >= 4 is 68.0 Å². The maximum Gasteiger partial charge on any atom is 0.0570 e. The van der Waals surface area contributed by atoms with Crippen LogP contribution in [0.4, 0.5) is 0 Å². The number of halogens is 4. The number of hydrogen-bond donors (Lipinski definition) is 0. The van der Waals surface area contributed by atoms with Gasteiger partial charge in [-0.2, -0.15) is 0 Å². The highest BCUT2D eigenvalue weighted by atomic mass is 35.5. The molecule has 2 atom stereocenters. The van der Waals surface area contributed by atoms with Crippen LogP contribution in [0.5, 0.6) is 0 Å². The normalized spacial score (nSPS) is 16.0. The summed E-state index contributed by atoms with van der Waals surface area (Å²) < 4.78 is 0. The summed E-state index contributed by atoms with van der Waals surface area (Å²) in [7, 11) is 3.37. The molecule has 0 saturated heterocycles. The van der Waals surface area contributed by atoms with E-state index in [9.17, 15) is 0 Å². The van der Waals surface area contributed by atoms with Crippen LogP contribution >= 0.6 is 68.0 Å². The Morgan fingerprint density at radius 3 is 1.42 bits per heavy atom. The third kappa shape index (κ3) is 8.46. The summed E-state index contributed by atoms with van der Waals surface area (Å²) in [6.45, 7) is 0. The first-order valence-electron chi connectivity index (χ1n) is 3.35. The molecule has 6 heteroatoms. The maximum atomic E-state index is 5.79. The van der Waals surface area contributed by atoms with Gasteiger partial charge in [0, 0.05) is 23.3 Å². The molecule has 0 fully saturated rings. The van der Waals surface area contributed by atoms with E-state index in [2.05, 4.69) is 0 Å². The summed E-state index contributed by atoms with van der Waals surface area (Å²) >= 11 is 22.6. The molecule has 0 N–H and O–H groups in total. The van der Waals surface area contributed by atoms with Crippen LogP contribution in [-0.2, 0) is 0 Å². The average molecular weight is 288 g/mol. The van der Waals surface area contributed by atoms with E-state index in [-0.39, 0.29) is 10.8 Å². The van der Waals surface area contributed by atoms with Gasteiger partial charge in [0.05, 0.1) is 10.8 Å². The molecular weight excluding hydrogens is 278 g/mol. The van der Waals surface area contributed by atoms with Crippen LogP contribution < -0.4 is 0 Å². The van der Waals surface area contributed by atoms with Crippen molar-refractivity contribution in [3.8, 4) is 0 Å². The molecule has 0 amide bonds. The Labute approximate surface area is 101 Å². The van der Waals surface area contributed by atoms with Gasteiger partial charge in [0.2, 0.25) is 0 Å². The zero-order chi connectivity index (χ0) is 9.40. The third-order valence-electron chi connectivity index (χ3n) is 0.916. The summed E-state index contributed by atoms with van der Waals surface area (Å²) in [6.07, 6.45) is 0. The minimum atomic E-state index is 0.0499. The monoisotopic (exact) mass is 286 g/mol. The van der Waals surface area contributed by atoms with Gasteiger partial charge in [0.25, 0.3) is 0 Å². The van der Waals surface area contributed by atoms with Gasteiger partial charge in [-0.3, -0.25) is 0 Å². The van der Waals surface area contributed by atoms with Crippen LogP contribution in [0.2, 0.25) is 0 Å². The van der Waals surface area contributed by atoms with Gasteiger partial charge in [-0.05, 0) is 0 Å². The Morgan fingerprint density at radius 2 is 1.17 bits per heavy atom. The zero-order valence-corrected chi connectivity index (χ0v) is 11.0. The second kappa shape index (κ2) is 9.42. The van der Waals surface area contributed by atoms with Crippen molar-refractivity contribution in [1.82, 2.24) is 0 Å². The molecule has 0 radical (unpaired) electrons. The van der Waals surface area contributed by atoms with Gasteiger partial charge < -0.3 is 0 Å². The van der Waals surface area contributed by atoms with Crippen molar-refractivity contribution in [2.75, 3.05) is 23.3 Å². The lowest BCUT2D eigenvalue weighted by Crippen LogP contribution is -2.05. The fourth-order valence-corrected chi connectivity index (χ4v) is 3.92. The molecule has 74 valence electrons. The molecule has 2 unspecified atom stereocenters. The molecule has 0 heterocycles. The van der Waals surface area contributed by atoms with Crippen molar-refractivity contribution in [3.63, 3.8) is 0 Å². The molecule has 0 aliphatic heterocycles. The van der Waals surface area contributed by atoms with Gasteiger partial charge in [-0.25, -0.2) is 0 Å². The second-order valence-electron chi connectivity index (χ2n) is 2.07. The van der Waals surface area contributed by atoms with E-state index in [1.54, 1.807) is 21.6 Å². The first-order chi connectivity index (χ1) is 5.70. The molecule has 0 aromatic heterocycles. The molecule has 0 saturated carbocycles. The summed E-state index contributed by atoms with van der Waals surface area (Å²) in [5.74, 6) is 2.69. The summed E-state index contributed by atoms with van der Waals surface area (Å²) in [5.41, 5.74) is 0. The van der Waals surface area contributed by atoms with Crippen LogP contribution in [-0.4, -0.2) is 34.0 Å². The maximum absolute atomic E-state index is 5.79. The second-order valence-corrected chi connectivity index (χ2v) is 6.48. The van der Waals surface area contributed by atoms with Crippen LogP contribution in [0.3, 0.4) is 0 Å². The molecule has 12 heavy (non-hydrogen) atoms. The zero-order valence-electron chi connectivity index (χ0n) is 6.31. The number of alkyl halides is 4. The molecule has 0 aliphatic rings. The van der Waals surface area contributed by atoms with Gasteiger partial charge >= 0.3 is 0 Å². The highest BCUT2D eigenvalue weighted by Gasteiger charge is 2.05. The van der Waals surface area contributed by atoms with Crippen molar-refractivity contribution in [1.29, 1.82) is 0 Å². The Kier molecular flexibility index (Phi) is 10.9. The van der Waals surface area contributed by atoms with E-state index in [0.717, 1.165) is 11.5 Å². The summed E-state index contributed by atoms with van der Waals surface area (Å²) in [6, 6.07) is 0. The fraction of sp³-hybridized carbons (Fsp3) is 1.00. The van der Waals surface area contributed by atoms with Crippen LogP contribution in [0.15, 0.2) is 0 Å². The van der Waals surface area contributed by atoms with E-state index in [1.165, 1.54) is 0 Å². The van der Waals surface area contributed by atoms with Crippen molar-refractivity contribution < 1.29 is 0 Å². The molecule has 0 aromatic carbocycles. The first-order valence-corrected chi connectivity index (χ1v) is 7.78. The predicted octanol–water partition coefficient (Wildman–Crippen LogP) is 4.06. The van der Waals surface area contributed by atoms with Crippen LogP contribution in [0.25, 0.3) is 0 Å². The van der Waals surface area contributed by atoms with E-state index in [1.807, 2.05) is 0 Å². The highest BCUT2D eigenvalue weighted by molar-refractivity contribution is 8.76. The predicted molar refractivity (Wildman–Crippen MR) is 65.6 cm³/mol. The van der Waals surface area contributed by atoms with Gasteiger partial charge in [-0.15, -0.1) is 46.4 Å². The van der Waals surface area contributed by atoms with Gasteiger partial charge in [0.1, 0.15) is 0 Å². The molecule has 0 aromatic rings. The lowest BCUT2D eigenvalue weighted by atomic mass is 10.6. The van der Waals surface area contributed by atoms with E-state index < -0.39 is 0 Å². The SMILES string of the molecule is ClCC(Cl)CSSCC(Cl)CCl. The topological polar surface area (TPSA) is 0 Å². The quantitative estimate of drug-likeness (QED) is 0.393. The number of hydrogen-bond acceptors (Lipinski definition) is 2. The summed E-state index contributed by atoms with van der Waals surface area (Å²) in [5, 5.41) is 0.0999. The minimum absolute atomic E-state index is 0.0499. The van der Waals surface area contributed by atoms with Crippen LogP contribution in [0, 0.1) is 0 Å².